The molecule has 1 spiro atoms. The Kier molecular flexibility index (Phi) is 7.43. The standard InChI is InChI=1S/C30H38N4O5/c1-29(2,3)39-28(38)33(22-17-30(18-22)11-13-31-14-12-30)15-5-4-6-20-7-8-23-21(16-20)19-34(27(23)37)24-9-10-25(35)32-26(24)36/h7-8,16,22,24,31H,5,9-15,17-19H2,1-3H3,(H,32,35,36). The number of amides is 4. The number of hydrogen-bond acceptors (Lipinski definition) is 6. The highest BCUT2D eigenvalue weighted by molar-refractivity contribution is 6.05. The first kappa shape index (κ1) is 27.2. The van der Waals surface area contributed by atoms with E-state index in [1.54, 1.807) is 6.07 Å². The first-order valence-corrected chi connectivity index (χ1v) is 14.0. The Balaban J connectivity index is 1.21. The lowest BCUT2D eigenvalue weighted by atomic mass is 9.60. The van der Waals surface area contributed by atoms with Crippen LogP contribution in [0.1, 0.15) is 87.2 Å². The van der Waals surface area contributed by atoms with Crippen molar-refractivity contribution in [1.29, 1.82) is 0 Å². The molecule has 9 nitrogen and oxygen atoms in total. The van der Waals surface area contributed by atoms with E-state index in [0.717, 1.165) is 49.9 Å². The van der Waals surface area contributed by atoms with Gasteiger partial charge in [-0.05, 0) is 95.1 Å². The lowest BCUT2D eigenvalue weighted by Gasteiger charge is -2.53. The SMILES string of the molecule is CC(C)(C)OC(=O)N(CCC#Cc1ccc2c(c1)CN(C1CCC(=O)NC1=O)C2=O)C1CC2(CCNCC2)C1. The molecule has 0 aromatic heterocycles. The number of piperidine rings is 2. The molecule has 208 valence electrons. The number of hydrogen-bond donors (Lipinski definition) is 2. The minimum atomic E-state index is -0.633. The topological polar surface area (TPSA) is 108 Å². The quantitative estimate of drug-likeness (QED) is 0.454. The molecule has 1 saturated carbocycles. The molecule has 1 atom stereocenters. The maximum absolute atomic E-state index is 13.0. The molecule has 0 bridgehead atoms. The molecule has 1 aromatic carbocycles. The summed E-state index contributed by atoms with van der Waals surface area (Å²) in [6.45, 7) is 8.58. The highest BCUT2D eigenvalue weighted by Crippen LogP contribution is 2.50. The predicted octanol–water partition coefficient (Wildman–Crippen LogP) is 2.96. The number of imide groups is 1. The van der Waals surface area contributed by atoms with Gasteiger partial charge in [0.05, 0.1) is 0 Å². The van der Waals surface area contributed by atoms with Gasteiger partial charge in [-0.25, -0.2) is 4.79 Å². The number of nitrogens with zero attached hydrogens (tertiary/aromatic N) is 2. The monoisotopic (exact) mass is 534 g/mol. The van der Waals surface area contributed by atoms with Gasteiger partial charge in [-0.3, -0.25) is 19.7 Å². The molecule has 4 amide bonds. The Labute approximate surface area is 230 Å². The Morgan fingerprint density at radius 2 is 1.92 bits per heavy atom. The number of carbonyl (C=O) groups excluding carboxylic acids is 4. The second-order valence-corrected chi connectivity index (χ2v) is 12.3. The Morgan fingerprint density at radius 3 is 2.62 bits per heavy atom. The third kappa shape index (κ3) is 5.96. The Hall–Kier alpha value is -3.38. The van der Waals surface area contributed by atoms with Crippen LogP contribution in [-0.2, 0) is 20.9 Å². The number of nitrogens with one attached hydrogen (secondary N) is 2. The van der Waals surface area contributed by atoms with E-state index in [1.165, 1.54) is 4.90 Å². The number of fused-ring (bicyclic) bond motifs is 1. The first-order valence-electron chi connectivity index (χ1n) is 14.0. The molecule has 1 aliphatic carbocycles. The smallest absolute Gasteiger partial charge is 0.410 e. The van der Waals surface area contributed by atoms with Crippen molar-refractivity contribution >= 4 is 23.8 Å². The molecule has 3 aliphatic heterocycles. The maximum Gasteiger partial charge on any atom is 0.410 e. The van der Waals surface area contributed by atoms with E-state index in [4.69, 9.17) is 4.74 Å². The molecular weight excluding hydrogens is 496 g/mol. The van der Waals surface area contributed by atoms with Crippen LogP contribution in [0, 0.1) is 17.3 Å². The van der Waals surface area contributed by atoms with Crippen molar-refractivity contribution in [3.05, 3.63) is 34.9 Å². The van der Waals surface area contributed by atoms with E-state index in [9.17, 15) is 19.2 Å². The van der Waals surface area contributed by atoms with Gasteiger partial charge in [0.15, 0.2) is 0 Å². The minimum absolute atomic E-state index is 0.184. The zero-order chi connectivity index (χ0) is 27.8. The predicted molar refractivity (Wildman–Crippen MR) is 144 cm³/mol. The lowest BCUT2D eigenvalue weighted by Crippen LogP contribution is -2.56. The Morgan fingerprint density at radius 1 is 1.18 bits per heavy atom. The summed E-state index contributed by atoms with van der Waals surface area (Å²) in [5.41, 5.74) is 1.98. The van der Waals surface area contributed by atoms with Crippen LogP contribution in [0.3, 0.4) is 0 Å². The molecule has 2 saturated heterocycles. The fraction of sp³-hybridized carbons (Fsp3) is 0.600. The zero-order valence-electron chi connectivity index (χ0n) is 23.1. The van der Waals surface area contributed by atoms with Gasteiger partial charge in [-0.15, -0.1) is 0 Å². The second-order valence-electron chi connectivity index (χ2n) is 12.3. The lowest BCUT2D eigenvalue weighted by molar-refractivity contribution is -0.136. The van der Waals surface area contributed by atoms with Gasteiger partial charge < -0.3 is 19.9 Å². The Bertz CT molecular complexity index is 1230. The first-order chi connectivity index (χ1) is 18.5. The highest BCUT2D eigenvalue weighted by Gasteiger charge is 2.48. The van der Waals surface area contributed by atoms with E-state index < -0.39 is 17.6 Å². The van der Waals surface area contributed by atoms with Crippen LogP contribution in [0.25, 0.3) is 0 Å². The third-order valence-electron chi connectivity index (χ3n) is 8.30. The average Bonchev–Trinajstić information content (AvgIpc) is 3.17. The third-order valence-corrected chi connectivity index (χ3v) is 8.30. The van der Waals surface area contributed by atoms with Crippen LogP contribution >= 0.6 is 0 Å². The van der Waals surface area contributed by atoms with E-state index >= 15 is 0 Å². The second kappa shape index (κ2) is 10.6. The normalized spacial score (nSPS) is 22.5. The molecule has 2 N–H and O–H groups in total. The van der Waals surface area contributed by atoms with Crippen molar-refractivity contribution in [1.82, 2.24) is 20.4 Å². The van der Waals surface area contributed by atoms with E-state index in [1.807, 2.05) is 37.8 Å². The van der Waals surface area contributed by atoms with Gasteiger partial charge in [-0.2, -0.15) is 0 Å². The molecule has 3 fully saturated rings. The summed E-state index contributed by atoms with van der Waals surface area (Å²) in [7, 11) is 0. The maximum atomic E-state index is 13.0. The number of carbonyl (C=O) groups is 4. The summed E-state index contributed by atoms with van der Waals surface area (Å²) in [4.78, 5) is 53.1. The number of rotatable bonds is 4. The van der Waals surface area contributed by atoms with Crippen molar-refractivity contribution in [2.45, 2.75) is 89.9 Å². The van der Waals surface area contributed by atoms with Crippen molar-refractivity contribution in [2.24, 2.45) is 5.41 Å². The van der Waals surface area contributed by atoms with Crippen LogP contribution in [-0.4, -0.2) is 70.9 Å². The van der Waals surface area contributed by atoms with Gasteiger partial charge >= 0.3 is 6.09 Å². The van der Waals surface area contributed by atoms with Crippen LogP contribution in [0.4, 0.5) is 4.79 Å². The molecule has 39 heavy (non-hydrogen) atoms. The summed E-state index contributed by atoms with van der Waals surface area (Å²) in [5.74, 6) is 5.47. The van der Waals surface area contributed by atoms with Gasteiger partial charge in [-0.1, -0.05) is 11.8 Å². The van der Waals surface area contributed by atoms with Crippen LogP contribution in [0.2, 0.25) is 0 Å². The molecule has 9 heteroatoms. The van der Waals surface area contributed by atoms with Crippen molar-refractivity contribution < 1.29 is 23.9 Å². The highest BCUT2D eigenvalue weighted by atomic mass is 16.6. The summed E-state index contributed by atoms with van der Waals surface area (Å²) in [5, 5.41) is 5.76. The summed E-state index contributed by atoms with van der Waals surface area (Å²) >= 11 is 0. The van der Waals surface area contributed by atoms with E-state index in [-0.39, 0.29) is 30.4 Å². The van der Waals surface area contributed by atoms with Gasteiger partial charge in [0, 0.05) is 43.1 Å². The largest absolute Gasteiger partial charge is 0.444 e. The number of benzene rings is 1. The van der Waals surface area contributed by atoms with Gasteiger partial charge in [0.2, 0.25) is 11.8 Å². The molecule has 1 unspecified atom stereocenters. The summed E-state index contributed by atoms with van der Waals surface area (Å²) < 4.78 is 5.72. The van der Waals surface area contributed by atoms with Crippen molar-refractivity contribution in [3.8, 4) is 11.8 Å². The fourth-order valence-corrected chi connectivity index (χ4v) is 6.26. The summed E-state index contributed by atoms with van der Waals surface area (Å²) in [6, 6.07) is 5.02. The van der Waals surface area contributed by atoms with Gasteiger partial charge in [0.25, 0.3) is 5.91 Å². The minimum Gasteiger partial charge on any atom is -0.444 e. The van der Waals surface area contributed by atoms with Gasteiger partial charge in [0.1, 0.15) is 11.6 Å². The van der Waals surface area contributed by atoms with Crippen molar-refractivity contribution in [2.75, 3.05) is 19.6 Å². The van der Waals surface area contributed by atoms with E-state index in [0.29, 0.717) is 36.9 Å². The summed E-state index contributed by atoms with van der Waals surface area (Å²) in [6.07, 6.45) is 5.16. The molecule has 4 aliphatic rings. The molecule has 0 radical (unpaired) electrons. The molecule has 3 heterocycles. The van der Waals surface area contributed by atoms with Crippen LogP contribution in [0.5, 0.6) is 0 Å². The van der Waals surface area contributed by atoms with Crippen molar-refractivity contribution in [3.63, 3.8) is 0 Å². The zero-order valence-corrected chi connectivity index (χ0v) is 23.1. The molecular formula is C30H38N4O5. The fourth-order valence-electron chi connectivity index (χ4n) is 6.26. The molecule has 5 rings (SSSR count). The van der Waals surface area contributed by atoms with Crippen LogP contribution < -0.4 is 10.6 Å². The number of ether oxygens (including phenoxy) is 1. The molecule has 1 aromatic rings. The average molecular weight is 535 g/mol. The van der Waals surface area contributed by atoms with Crippen LogP contribution in [0.15, 0.2) is 18.2 Å². The van der Waals surface area contributed by atoms with E-state index in [2.05, 4.69) is 22.5 Å².